The number of hydrogen-bond donors (Lipinski definition) is 1. The van der Waals surface area contributed by atoms with Gasteiger partial charge < -0.3 is 9.84 Å². The van der Waals surface area contributed by atoms with Crippen LogP contribution in [0.25, 0.3) is 0 Å². The van der Waals surface area contributed by atoms with Crippen molar-refractivity contribution in [3.63, 3.8) is 0 Å². The van der Waals surface area contributed by atoms with Crippen LogP contribution in [-0.4, -0.2) is 27.0 Å². The van der Waals surface area contributed by atoms with Gasteiger partial charge in [-0.2, -0.15) is 5.10 Å². The molecule has 5 nitrogen and oxygen atoms in total. The SMILES string of the molecule is CC(C)OCc1cc(C(=O)O)nn1C(C)C. The van der Waals surface area contributed by atoms with Gasteiger partial charge in [-0.25, -0.2) is 4.79 Å². The van der Waals surface area contributed by atoms with Crippen LogP contribution in [0.1, 0.15) is 49.9 Å². The molecule has 0 saturated carbocycles. The van der Waals surface area contributed by atoms with Gasteiger partial charge in [-0.1, -0.05) is 0 Å². The Kier molecular flexibility index (Phi) is 4.06. The first-order valence-corrected chi connectivity index (χ1v) is 5.35. The molecule has 16 heavy (non-hydrogen) atoms. The highest BCUT2D eigenvalue weighted by Crippen LogP contribution is 2.13. The highest BCUT2D eigenvalue weighted by molar-refractivity contribution is 5.85. The molecule has 1 aromatic heterocycles. The van der Waals surface area contributed by atoms with E-state index in [0.29, 0.717) is 6.61 Å². The Morgan fingerprint density at radius 3 is 2.56 bits per heavy atom. The molecule has 5 heteroatoms. The summed E-state index contributed by atoms with van der Waals surface area (Å²) in [7, 11) is 0. The highest BCUT2D eigenvalue weighted by Gasteiger charge is 2.15. The molecule has 90 valence electrons. The maximum absolute atomic E-state index is 10.8. The predicted octanol–water partition coefficient (Wildman–Crippen LogP) is 2.09. The molecule has 0 fully saturated rings. The second kappa shape index (κ2) is 5.12. The number of ether oxygens (including phenoxy) is 1. The maximum atomic E-state index is 10.8. The normalized spacial score (nSPS) is 11.4. The molecule has 1 aromatic rings. The van der Waals surface area contributed by atoms with Crippen molar-refractivity contribution in [2.24, 2.45) is 0 Å². The van der Waals surface area contributed by atoms with Gasteiger partial charge in [0.05, 0.1) is 18.4 Å². The fourth-order valence-corrected chi connectivity index (χ4v) is 1.34. The topological polar surface area (TPSA) is 64.3 Å². The third-order valence-corrected chi connectivity index (χ3v) is 2.09. The first kappa shape index (κ1) is 12.7. The zero-order valence-corrected chi connectivity index (χ0v) is 10.1. The van der Waals surface area contributed by atoms with Crippen molar-refractivity contribution in [2.75, 3.05) is 0 Å². The number of carboxylic acids is 1. The van der Waals surface area contributed by atoms with Crippen LogP contribution in [0.2, 0.25) is 0 Å². The summed E-state index contributed by atoms with van der Waals surface area (Å²) in [5.74, 6) is -1.01. The van der Waals surface area contributed by atoms with E-state index in [4.69, 9.17) is 9.84 Å². The van der Waals surface area contributed by atoms with E-state index >= 15 is 0 Å². The molecular formula is C11H18N2O3. The fraction of sp³-hybridized carbons (Fsp3) is 0.636. The summed E-state index contributed by atoms with van der Waals surface area (Å²) in [5.41, 5.74) is 0.858. The first-order chi connectivity index (χ1) is 7.41. The average Bonchev–Trinajstić information content (AvgIpc) is 2.58. The Balaban J connectivity index is 2.91. The summed E-state index contributed by atoms with van der Waals surface area (Å²) < 4.78 is 7.14. The minimum Gasteiger partial charge on any atom is -0.476 e. The van der Waals surface area contributed by atoms with E-state index < -0.39 is 5.97 Å². The van der Waals surface area contributed by atoms with Gasteiger partial charge in [-0.05, 0) is 33.8 Å². The van der Waals surface area contributed by atoms with Gasteiger partial charge in [0.1, 0.15) is 0 Å². The van der Waals surface area contributed by atoms with Gasteiger partial charge >= 0.3 is 5.97 Å². The van der Waals surface area contributed by atoms with Crippen molar-refractivity contribution >= 4 is 5.97 Å². The van der Waals surface area contributed by atoms with Crippen molar-refractivity contribution in [3.8, 4) is 0 Å². The summed E-state index contributed by atoms with van der Waals surface area (Å²) in [6, 6.07) is 1.68. The highest BCUT2D eigenvalue weighted by atomic mass is 16.5. The van der Waals surface area contributed by atoms with Crippen molar-refractivity contribution in [1.29, 1.82) is 0 Å². The lowest BCUT2D eigenvalue weighted by Crippen LogP contribution is -2.11. The van der Waals surface area contributed by atoms with Crippen LogP contribution in [0, 0.1) is 0 Å². The summed E-state index contributed by atoms with van der Waals surface area (Å²) in [6.07, 6.45) is 0.115. The molecule has 0 spiro atoms. The van der Waals surface area contributed by atoms with Gasteiger partial charge in [0.15, 0.2) is 5.69 Å². The molecule has 1 rings (SSSR count). The molecular weight excluding hydrogens is 208 g/mol. The monoisotopic (exact) mass is 226 g/mol. The summed E-state index contributed by atoms with van der Waals surface area (Å²) in [6.45, 7) is 8.17. The van der Waals surface area contributed by atoms with E-state index in [2.05, 4.69) is 5.10 Å². The molecule has 0 aliphatic carbocycles. The van der Waals surface area contributed by atoms with E-state index in [0.717, 1.165) is 5.69 Å². The molecule has 0 bridgehead atoms. The molecule has 0 aromatic carbocycles. The van der Waals surface area contributed by atoms with Crippen LogP contribution in [-0.2, 0) is 11.3 Å². The van der Waals surface area contributed by atoms with Crippen molar-refractivity contribution in [1.82, 2.24) is 9.78 Å². The van der Waals surface area contributed by atoms with E-state index in [1.807, 2.05) is 27.7 Å². The van der Waals surface area contributed by atoms with E-state index in [1.165, 1.54) is 0 Å². The lowest BCUT2D eigenvalue weighted by molar-refractivity contribution is 0.0605. The van der Waals surface area contributed by atoms with Crippen LogP contribution < -0.4 is 0 Å². The standard InChI is InChI=1S/C11H18N2O3/c1-7(2)13-9(6-16-8(3)4)5-10(12-13)11(14)15/h5,7-8H,6H2,1-4H3,(H,14,15). The number of rotatable bonds is 5. The van der Waals surface area contributed by atoms with Gasteiger partial charge in [0.25, 0.3) is 0 Å². The maximum Gasteiger partial charge on any atom is 0.356 e. The largest absolute Gasteiger partial charge is 0.476 e. The number of aromatic nitrogens is 2. The van der Waals surface area contributed by atoms with Gasteiger partial charge in [0, 0.05) is 6.04 Å². The zero-order chi connectivity index (χ0) is 12.3. The molecule has 0 saturated heterocycles. The van der Waals surface area contributed by atoms with Crippen molar-refractivity contribution in [2.45, 2.75) is 46.4 Å². The summed E-state index contributed by atoms with van der Waals surface area (Å²) in [5, 5.41) is 12.9. The second-order valence-corrected chi connectivity index (χ2v) is 4.22. The first-order valence-electron chi connectivity index (χ1n) is 5.35. The third kappa shape index (κ3) is 3.06. The number of nitrogens with zero attached hydrogens (tertiary/aromatic N) is 2. The van der Waals surface area contributed by atoms with Crippen LogP contribution in [0.3, 0.4) is 0 Å². The molecule has 0 atom stereocenters. The smallest absolute Gasteiger partial charge is 0.356 e. The minimum atomic E-state index is -1.01. The molecule has 1 heterocycles. The molecule has 0 aliphatic heterocycles. The predicted molar refractivity (Wildman–Crippen MR) is 59.5 cm³/mol. The number of hydrogen-bond acceptors (Lipinski definition) is 3. The Morgan fingerprint density at radius 2 is 2.12 bits per heavy atom. The molecule has 0 unspecified atom stereocenters. The van der Waals surface area contributed by atoms with Crippen molar-refractivity contribution in [3.05, 3.63) is 17.5 Å². The fourth-order valence-electron chi connectivity index (χ4n) is 1.34. The lowest BCUT2D eigenvalue weighted by Gasteiger charge is -2.12. The zero-order valence-electron chi connectivity index (χ0n) is 10.1. The number of carbonyl (C=O) groups is 1. The van der Waals surface area contributed by atoms with Crippen LogP contribution in [0.4, 0.5) is 0 Å². The Morgan fingerprint density at radius 1 is 1.50 bits per heavy atom. The summed E-state index contributed by atoms with van der Waals surface area (Å²) in [4.78, 5) is 10.8. The number of aromatic carboxylic acids is 1. The minimum absolute atomic E-state index is 0.0658. The Labute approximate surface area is 95.0 Å². The van der Waals surface area contributed by atoms with Gasteiger partial charge in [-0.15, -0.1) is 0 Å². The lowest BCUT2D eigenvalue weighted by atomic mass is 10.3. The molecule has 0 amide bonds. The van der Waals surface area contributed by atoms with E-state index in [9.17, 15) is 4.79 Å². The van der Waals surface area contributed by atoms with Crippen LogP contribution in [0.15, 0.2) is 6.07 Å². The van der Waals surface area contributed by atoms with Gasteiger partial charge in [-0.3, -0.25) is 4.68 Å². The average molecular weight is 226 g/mol. The van der Waals surface area contributed by atoms with E-state index in [-0.39, 0.29) is 17.8 Å². The molecule has 0 aliphatic rings. The van der Waals surface area contributed by atoms with E-state index in [1.54, 1.807) is 10.7 Å². The molecule has 0 radical (unpaired) electrons. The number of carboxylic acid groups (broad SMARTS) is 1. The Hall–Kier alpha value is -1.36. The Bertz CT molecular complexity index is 369. The summed E-state index contributed by atoms with van der Waals surface area (Å²) >= 11 is 0. The molecule has 1 N–H and O–H groups in total. The quantitative estimate of drug-likeness (QED) is 0.834. The third-order valence-electron chi connectivity index (χ3n) is 2.09. The van der Waals surface area contributed by atoms with Crippen molar-refractivity contribution < 1.29 is 14.6 Å². The second-order valence-electron chi connectivity index (χ2n) is 4.22. The van der Waals surface area contributed by atoms with Crippen LogP contribution >= 0.6 is 0 Å². The van der Waals surface area contributed by atoms with Crippen LogP contribution in [0.5, 0.6) is 0 Å². The van der Waals surface area contributed by atoms with Gasteiger partial charge in [0.2, 0.25) is 0 Å².